The Labute approximate surface area is 275 Å². The molecule has 0 amide bonds. The van der Waals surface area contributed by atoms with E-state index in [0.717, 1.165) is 25.1 Å². The highest BCUT2D eigenvalue weighted by molar-refractivity contribution is 5.92. The fourth-order valence-electron chi connectivity index (χ4n) is 5.59. The highest BCUT2D eigenvalue weighted by Crippen LogP contribution is 2.32. The van der Waals surface area contributed by atoms with Crippen LogP contribution in [-0.2, 0) is 6.54 Å². The zero-order chi connectivity index (χ0) is 33.7. The Morgan fingerprint density at radius 1 is 0.958 bits per heavy atom. The van der Waals surface area contributed by atoms with E-state index in [1.165, 1.54) is 4.68 Å². The molecule has 0 atom stereocenters. The summed E-state index contributed by atoms with van der Waals surface area (Å²) >= 11 is 0. The molecule has 252 valence electrons. The van der Waals surface area contributed by atoms with Crippen molar-refractivity contribution in [1.82, 2.24) is 34.6 Å². The largest absolute Gasteiger partial charge is 0.494 e. The molecular formula is C34H36F4N8O2. The van der Waals surface area contributed by atoms with Gasteiger partial charge in [-0.3, -0.25) is 4.68 Å². The van der Waals surface area contributed by atoms with Gasteiger partial charge in [0, 0.05) is 55.2 Å². The Balaban J connectivity index is 1.24. The fourth-order valence-corrected chi connectivity index (χ4v) is 5.59. The van der Waals surface area contributed by atoms with Gasteiger partial charge in [-0.15, -0.1) is 0 Å². The molecule has 0 radical (unpaired) electrons. The topological polar surface area (TPSA) is 103 Å². The van der Waals surface area contributed by atoms with E-state index in [2.05, 4.69) is 25.2 Å². The van der Waals surface area contributed by atoms with E-state index >= 15 is 8.78 Å². The van der Waals surface area contributed by atoms with E-state index in [9.17, 15) is 8.78 Å². The van der Waals surface area contributed by atoms with E-state index in [-0.39, 0.29) is 43.1 Å². The van der Waals surface area contributed by atoms with Gasteiger partial charge in [0.2, 0.25) is 0 Å². The molecule has 0 saturated carbocycles. The number of fused-ring (bicyclic) bond motifs is 1. The quantitative estimate of drug-likeness (QED) is 0.106. The number of nitrogens with zero attached hydrogens (tertiary/aromatic N) is 7. The third-order valence-electron chi connectivity index (χ3n) is 8.09. The zero-order valence-electron chi connectivity index (χ0n) is 26.7. The summed E-state index contributed by atoms with van der Waals surface area (Å²) in [5.41, 5.74) is 0.906. The van der Waals surface area contributed by atoms with Gasteiger partial charge in [-0.05, 0) is 45.4 Å². The van der Waals surface area contributed by atoms with Gasteiger partial charge in [-0.1, -0.05) is 18.2 Å². The summed E-state index contributed by atoms with van der Waals surface area (Å²) in [6.45, 7) is 5.50. The number of hydrogen-bond acceptors (Lipinski definition) is 9. The SMILES string of the molecule is CCOc1cc(F)c(Cn2nc(-c3ncc(OCCCCN4CCC(F)(F)CC4)c(Nc4ccnc(C)n4)n3)c3ccccc32)c(F)c1. The molecule has 0 bridgehead atoms. The molecular weight excluding hydrogens is 628 g/mol. The molecule has 4 heterocycles. The number of rotatable bonds is 13. The van der Waals surface area contributed by atoms with Crippen LogP contribution in [0, 0.1) is 18.6 Å². The Bertz CT molecular complexity index is 1850. The number of para-hydroxylation sites is 1. The lowest BCUT2D eigenvalue weighted by atomic mass is 10.1. The van der Waals surface area contributed by atoms with E-state index in [1.807, 2.05) is 24.3 Å². The second kappa shape index (κ2) is 14.5. The van der Waals surface area contributed by atoms with Crippen molar-refractivity contribution in [3.8, 4) is 23.0 Å². The van der Waals surface area contributed by atoms with Gasteiger partial charge in [0.25, 0.3) is 5.92 Å². The van der Waals surface area contributed by atoms with Gasteiger partial charge in [-0.25, -0.2) is 37.5 Å². The van der Waals surface area contributed by atoms with Crippen LogP contribution in [0.5, 0.6) is 11.5 Å². The molecule has 5 aromatic rings. The molecule has 1 N–H and O–H groups in total. The first-order valence-corrected chi connectivity index (χ1v) is 15.9. The van der Waals surface area contributed by atoms with Crippen molar-refractivity contribution in [2.24, 2.45) is 0 Å². The third-order valence-corrected chi connectivity index (χ3v) is 8.09. The van der Waals surface area contributed by atoms with Crippen molar-refractivity contribution in [2.75, 3.05) is 38.2 Å². The summed E-state index contributed by atoms with van der Waals surface area (Å²) in [5, 5.41) is 8.60. The van der Waals surface area contributed by atoms with Gasteiger partial charge in [0.15, 0.2) is 17.4 Å². The maximum Gasteiger partial charge on any atom is 0.250 e. The predicted octanol–water partition coefficient (Wildman–Crippen LogP) is 6.95. The minimum absolute atomic E-state index is 0.104. The Morgan fingerprint density at radius 2 is 1.73 bits per heavy atom. The number of unbranched alkanes of at least 4 members (excludes halogenated alkanes) is 1. The second-order valence-electron chi connectivity index (χ2n) is 11.6. The van der Waals surface area contributed by atoms with Crippen molar-refractivity contribution in [1.29, 1.82) is 0 Å². The van der Waals surface area contributed by atoms with Crippen LogP contribution >= 0.6 is 0 Å². The van der Waals surface area contributed by atoms with Gasteiger partial charge < -0.3 is 19.7 Å². The summed E-state index contributed by atoms with van der Waals surface area (Å²) in [7, 11) is 0. The summed E-state index contributed by atoms with van der Waals surface area (Å²) in [6.07, 6.45) is 4.45. The van der Waals surface area contributed by atoms with E-state index in [1.54, 1.807) is 32.3 Å². The molecule has 10 nitrogen and oxygen atoms in total. The van der Waals surface area contributed by atoms with Crippen LogP contribution in [-0.4, -0.2) is 73.4 Å². The molecule has 1 saturated heterocycles. The number of benzene rings is 2. The molecule has 48 heavy (non-hydrogen) atoms. The summed E-state index contributed by atoms with van der Waals surface area (Å²) in [5.74, 6) is -1.86. The molecule has 1 fully saturated rings. The van der Waals surface area contributed by atoms with Crippen molar-refractivity contribution >= 4 is 22.5 Å². The van der Waals surface area contributed by atoms with Gasteiger partial charge >= 0.3 is 0 Å². The van der Waals surface area contributed by atoms with Gasteiger partial charge in [-0.2, -0.15) is 5.10 Å². The Morgan fingerprint density at radius 3 is 2.48 bits per heavy atom. The lowest BCUT2D eigenvalue weighted by Gasteiger charge is -2.31. The van der Waals surface area contributed by atoms with Crippen LogP contribution in [0.2, 0.25) is 0 Å². The smallest absolute Gasteiger partial charge is 0.250 e. The lowest BCUT2D eigenvalue weighted by Crippen LogP contribution is -2.39. The molecule has 2 aromatic carbocycles. The summed E-state index contributed by atoms with van der Waals surface area (Å²) in [6, 6.07) is 11.3. The molecule has 3 aromatic heterocycles. The average Bonchev–Trinajstić information content (AvgIpc) is 3.42. The molecule has 1 aliphatic heterocycles. The molecule has 0 spiro atoms. The van der Waals surface area contributed by atoms with E-state index in [4.69, 9.17) is 19.6 Å². The number of aryl methyl sites for hydroxylation is 1. The third kappa shape index (κ3) is 7.81. The number of hydrogen-bond donors (Lipinski definition) is 1. The number of piperidine rings is 1. The van der Waals surface area contributed by atoms with Crippen LogP contribution in [0.15, 0.2) is 54.9 Å². The van der Waals surface area contributed by atoms with Crippen molar-refractivity contribution in [2.45, 2.75) is 52.0 Å². The number of ether oxygens (including phenoxy) is 2. The van der Waals surface area contributed by atoms with E-state index < -0.39 is 17.6 Å². The van der Waals surface area contributed by atoms with Crippen LogP contribution in [0.25, 0.3) is 22.4 Å². The Hall–Kier alpha value is -4.85. The van der Waals surface area contributed by atoms with Crippen molar-refractivity contribution in [3.63, 3.8) is 0 Å². The number of anilines is 2. The number of likely N-dealkylation sites (tertiary alicyclic amines) is 1. The Kier molecular flexibility index (Phi) is 9.99. The first-order valence-electron chi connectivity index (χ1n) is 15.9. The fraction of sp³-hybridized carbons (Fsp3) is 0.382. The van der Waals surface area contributed by atoms with Crippen LogP contribution in [0.4, 0.5) is 29.2 Å². The second-order valence-corrected chi connectivity index (χ2v) is 11.6. The summed E-state index contributed by atoms with van der Waals surface area (Å²) in [4.78, 5) is 20.0. The molecule has 1 aliphatic rings. The molecule has 0 unspecified atom stereocenters. The monoisotopic (exact) mass is 664 g/mol. The normalized spacial score (nSPS) is 14.7. The first-order chi connectivity index (χ1) is 23.2. The highest BCUT2D eigenvalue weighted by atomic mass is 19.3. The van der Waals surface area contributed by atoms with Crippen molar-refractivity contribution < 1.29 is 27.0 Å². The lowest BCUT2D eigenvalue weighted by molar-refractivity contribution is -0.0552. The minimum Gasteiger partial charge on any atom is -0.494 e. The number of alkyl halides is 2. The molecule has 14 heteroatoms. The van der Waals surface area contributed by atoms with Crippen molar-refractivity contribution in [3.05, 3.63) is 77.9 Å². The van der Waals surface area contributed by atoms with E-state index in [0.29, 0.717) is 65.9 Å². The number of halogens is 4. The first kappa shape index (κ1) is 33.1. The number of aromatic nitrogens is 6. The maximum absolute atomic E-state index is 15.0. The van der Waals surface area contributed by atoms with Gasteiger partial charge in [0.1, 0.15) is 34.7 Å². The maximum atomic E-state index is 15.0. The minimum atomic E-state index is -2.56. The molecule has 0 aliphatic carbocycles. The van der Waals surface area contributed by atoms with Crippen LogP contribution in [0.3, 0.4) is 0 Å². The zero-order valence-corrected chi connectivity index (χ0v) is 26.7. The average molecular weight is 665 g/mol. The standard InChI is InChI=1S/C34H36F4N8O2/c1-3-47-23-18-26(35)25(27(36)19-23)21-46-28-9-5-4-8-24(28)31(44-46)33-40-20-29(32(43-33)42-30-10-13-39-22(2)41-30)48-17-7-6-14-45-15-11-34(37,38)12-16-45/h4-5,8-10,13,18-20H,3,6-7,11-12,14-17,21H2,1-2H3,(H,39,40,41,42,43). The predicted molar refractivity (Wildman–Crippen MR) is 173 cm³/mol. The summed E-state index contributed by atoms with van der Waals surface area (Å²) < 4.78 is 69.9. The van der Waals surface area contributed by atoms with Crippen LogP contribution in [0.1, 0.15) is 44.0 Å². The van der Waals surface area contributed by atoms with Gasteiger partial charge in [0.05, 0.1) is 31.5 Å². The van der Waals surface area contributed by atoms with Crippen LogP contribution < -0.4 is 14.8 Å². The number of nitrogens with one attached hydrogen (secondary N) is 1. The molecule has 6 rings (SSSR count). The highest BCUT2D eigenvalue weighted by Gasteiger charge is 2.33.